The average Bonchev–Trinajstić information content (AvgIpc) is 2.17. The molecule has 13 heavy (non-hydrogen) atoms. The van der Waals surface area contributed by atoms with Gasteiger partial charge in [-0.1, -0.05) is 6.92 Å². The third-order valence-corrected chi connectivity index (χ3v) is 0.556. The van der Waals surface area contributed by atoms with Gasteiger partial charge >= 0.3 is 0 Å². The Kier molecular flexibility index (Phi) is 109. The molecule has 0 nitrogen and oxygen atoms in total. The molecule has 0 aliphatic carbocycles. The summed E-state index contributed by atoms with van der Waals surface area (Å²) in [6.07, 6.45) is 1.00. The smallest absolute Gasteiger partial charge is 0 e. The summed E-state index contributed by atoms with van der Waals surface area (Å²) < 4.78 is 0. The largest absolute Gasteiger partial charge is 0.358 e. The summed E-state index contributed by atoms with van der Waals surface area (Å²) in [7, 11) is 0. The van der Waals surface area contributed by atoms with E-state index in [2.05, 4.69) is 6.92 Å². The molecule has 0 N–H and O–H groups in total. The van der Waals surface area contributed by atoms with Crippen molar-refractivity contribution in [3.8, 4) is 0 Å². The van der Waals surface area contributed by atoms with Crippen LogP contribution >= 0.6 is 0 Å². The molecular weight excluding hydrogens is 296 g/mol. The fourth-order valence-electron chi connectivity index (χ4n) is 0.321. The van der Waals surface area contributed by atoms with Gasteiger partial charge in [-0.2, -0.15) is 24.6 Å². The van der Waals surface area contributed by atoms with Gasteiger partial charge in [0.05, 0.1) is 0 Å². The second-order valence-electron chi connectivity index (χ2n) is 1.46. The molecule has 85 valence electrons. The Morgan fingerprint density at radius 3 is 1.31 bits per heavy atom. The van der Waals surface area contributed by atoms with Crippen molar-refractivity contribution >= 4 is 0 Å². The van der Waals surface area contributed by atoms with Crippen molar-refractivity contribution in [1.29, 1.82) is 0 Å². The Morgan fingerprint density at radius 1 is 1.00 bits per heavy atom. The molecule has 0 aliphatic rings. The second kappa shape index (κ2) is 38.3. The van der Waals surface area contributed by atoms with Crippen molar-refractivity contribution in [2.75, 3.05) is 0 Å². The van der Waals surface area contributed by atoms with Gasteiger partial charge in [0.2, 0.25) is 0 Å². The predicted octanol–water partition coefficient (Wildman–Crippen LogP) is 4.44. The third kappa shape index (κ3) is 43.9. The van der Waals surface area contributed by atoms with Gasteiger partial charge in [0.1, 0.15) is 0 Å². The fraction of sp³-hybridized carbons (Fsp3) is 0.167. The molecule has 0 fully saturated rings. The molecule has 0 heterocycles. The molecule has 0 aromatic heterocycles. The van der Waals surface area contributed by atoms with E-state index in [1.165, 1.54) is 0 Å². The number of rotatable bonds is 0. The van der Waals surface area contributed by atoms with Crippen molar-refractivity contribution < 1.29 is 49.4 Å². The molecular formula is C12H24Eu-6. The minimum Gasteiger partial charge on any atom is -0.358 e. The van der Waals surface area contributed by atoms with Gasteiger partial charge in [0.15, 0.2) is 0 Å². The SMILES string of the molecule is [CH2-]CC.[CH3-].[CH3-].[CH3-].[CH3-].[Eu].c1cc[cH-]c1. The maximum absolute atomic E-state index is 3.49. The van der Waals surface area contributed by atoms with Crippen LogP contribution in [0.15, 0.2) is 30.3 Å². The fourth-order valence-corrected chi connectivity index (χ4v) is 0.321. The van der Waals surface area contributed by atoms with Crippen molar-refractivity contribution in [2.45, 2.75) is 13.3 Å². The van der Waals surface area contributed by atoms with E-state index >= 15 is 0 Å². The Balaban J connectivity index is -0.0000000144. The van der Waals surface area contributed by atoms with E-state index in [0.29, 0.717) is 0 Å². The van der Waals surface area contributed by atoms with Gasteiger partial charge in [0.25, 0.3) is 0 Å². The molecule has 1 heteroatoms. The monoisotopic (exact) mass is 321 g/mol. The number of hydrogen-bond acceptors (Lipinski definition) is 0. The summed E-state index contributed by atoms with van der Waals surface area (Å²) >= 11 is 0. The van der Waals surface area contributed by atoms with Crippen LogP contribution in [0, 0.1) is 86.0 Å². The van der Waals surface area contributed by atoms with Crippen molar-refractivity contribution in [2.24, 2.45) is 0 Å². The molecule has 0 atom stereocenters. The van der Waals surface area contributed by atoms with Crippen LogP contribution in [0.25, 0.3) is 0 Å². The van der Waals surface area contributed by atoms with Gasteiger partial charge in [-0.05, 0) is 0 Å². The minimum absolute atomic E-state index is 0. The summed E-state index contributed by atoms with van der Waals surface area (Å²) in [6.45, 7) is 5.50. The van der Waals surface area contributed by atoms with E-state index < -0.39 is 0 Å². The maximum Gasteiger partial charge on any atom is 0 e. The zero-order valence-electron chi connectivity index (χ0n) is 9.68. The summed E-state index contributed by atoms with van der Waals surface area (Å²) in [4.78, 5) is 0. The van der Waals surface area contributed by atoms with Crippen LogP contribution < -0.4 is 0 Å². The van der Waals surface area contributed by atoms with Crippen LogP contribution in [0.2, 0.25) is 0 Å². The first-order valence-corrected chi connectivity index (χ1v) is 2.87. The van der Waals surface area contributed by atoms with Gasteiger partial charge in [-0.15, -0.1) is 0 Å². The first-order chi connectivity index (χ1) is 3.91. The first-order valence-electron chi connectivity index (χ1n) is 2.87. The summed E-state index contributed by atoms with van der Waals surface area (Å²) in [5.74, 6) is 0. The van der Waals surface area contributed by atoms with E-state index in [9.17, 15) is 0 Å². The Labute approximate surface area is 128 Å². The summed E-state index contributed by atoms with van der Waals surface area (Å²) in [6, 6.07) is 10.0. The van der Waals surface area contributed by atoms with Gasteiger partial charge in [-0.25, -0.2) is 12.1 Å². The van der Waals surface area contributed by atoms with E-state index in [-0.39, 0.29) is 79.1 Å². The molecule has 0 aliphatic heterocycles. The molecule has 1 rings (SSSR count). The minimum atomic E-state index is 0. The van der Waals surface area contributed by atoms with Crippen LogP contribution in [-0.2, 0) is 0 Å². The van der Waals surface area contributed by atoms with Crippen LogP contribution in [0.1, 0.15) is 13.3 Å². The molecule has 0 spiro atoms. The van der Waals surface area contributed by atoms with Crippen molar-refractivity contribution in [3.63, 3.8) is 0 Å². The predicted molar refractivity (Wildman–Crippen MR) is 63.3 cm³/mol. The Hall–Kier alpha value is 0.934. The molecule has 1 radical (unpaired) electrons. The quantitative estimate of drug-likeness (QED) is 0.620. The molecule has 0 bridgehead atoms. The zero-order valence-corrected chi connectivity index (χ0v) is 12.1. The maximum atomic E-state index is 3.49. The molecule has 0 unspecified atom stereocenters. The van der Waals surface area contributed by atoms with Gasteiger partial charge in [0, 0.05) is 49.4 Å². The van der Waals surface area contributed by atoms with E-state index in [4.69, 9.17) is 0 Å². The van der Waals surface area contributed by atoms with Crippen LogP contribution in [0.5, 0.6) is 0 Å². The summed E-state index contributed by atoms with van der Waals surface area (Å²) in [5, 5.41) is 0. The van der Waals surface area contributed by atoms with Crippen molar-refractivity contribution in [3.05, 3.63) is 67.0 Å². The molecule has 0 saturated carbocycles. The average molecular weight is 320 g/mol. The molecule has 0 saturated heterocycles. The molecule has 1 aromatic rings. The third-order valence-electron chi connectivity index (χ3n) is 0.556. The van der Waals surface area contributed by atoms with E-state index in [1.54, 1.807) is 0 Å². The molecule has 1 aromatic carbocycles. The topological polar surface area (TPSA) is 0 Å². The summed E-state index contributed by atoms with van der Waals surface area (Å²) in [5.41, 5.74) is 0. The second-order valence-corrected chi connectivity index (χ2v) is 1.46. The Bertz CT molecular complexity index is 72.0. The van der Waals surface area contributed by atoms with Crippen LogP contribution in [0.3, 0.4) is 0 Å². The zero-order chi connectivity index (χ0) is 6.24. The number of hydrogen-bond donors (Lipinski definition) is 0. The first kappa shape index (κ1) is 37.0. The normalized spacial score (nSPS) is 4.46. The van der Waals surface area contributed by atoms with Gasteiger partial charge in [-0.3, -0.25) is 0 Å². The van der Waals surface area contributed by atoms with Crippen LogP contribution in [-0.4, -0.2) is 0 Å². The van der Waals surface area contributed by atoms with Gasteiger partial charge < -0.3 is 36.6 Å². The molecule has 0 amide bonds. The van der Waals surface area contributed by atoms with Crippen LogP contribution in [0.4, 0.5) is 0 Å². The Morgan fingerprint density at radius 2 is 1.23 bits per heavy atom. The van der Waals surface area contributed by atoms with E-state index in [1.807, 2.05) is 37.3 Å². The van der Waals surface area contributed by atoms with E-state index in [0.717, 1.165) is 6.42 Å². The van der Waals surface area contributed by atoms with Crippen molar-refractivity contribution in [1.82, 2.24) is 0 Å². The standard InChI is InChI=1S/C5H5.C3H7.4CH3.Eu/c1-2-4-5-3-1;1-3-2;;;;;/h1-5H;1,3H2,2H3;4*1H3;/q6*-1;.